The summed E-state index contributed by atoms with van der Waals surface area (Å²) < 4.78 is 14.8. The third kappa shape index (κ3) is 2.32. The van der Waals surface area contributed by atoms with Crippen LogP contribution in [0.3, 0.4) is 0 Å². The summed E-state index contributed by atoms with van der Waals surface area (Å²) in [6.07, 6.45) is 2.23. The van der Waals surface area contributed by atoms with Crippen LogP contribution >= 0.6 is 15.9 Å². The molecule has 96 valence electrons. The molecule has 1 saturated heterocycles. The molecule has 0 spiro atoms. The van der Waals surface area contributed by atoms with Crippen molar-refractivity contribution in [1.29, 1.82) is 0 Å². The summed E-state index contributed by atoms with van der Waals surface area (Å²) in [6.45, 7) is 5.40. The SMILES string of the molecule is CC1(C)OC[C@H](Cn2ccc3cc(Br)ccc32)O1. The second-order valence-corrected chi connectivity index (χ2v) is 6.04. The van der Waals surface area contributed by atoms with Gasteiger partial charge in [-0.2, -0.15) is 0 Å². The van der Waals surface area contributed by atoms with Gasteiger partial charge in [0.1, 0.15) is 6.10 Å². The Bertz CT molecular complexity index is 576. The molecule has 0 saturated carbocycles. The molecule has 4 heteroatoms. The summed E-state index contributed by atoms with van der Waals surface area (Å²) in [5.74, 6) is -0.448. The Morgan fingerprint density at radius 1 is 1.39 bits per heavy atom. The molecule has 1 atom stereocenters. The van der Waals surface area contributed by atoms with Crippen molar-refractivity contribution in [2.24, 2.45) is 0 Å². The van der Waals surface area contributed by atoms with Crippen LogP contribution in [0.4, 0.5) is 0 Å². The van der Waals surface area contributed by atoms with Gasteiger partial charge in [-0.1, -0.05) is 15.9 Å². The smallest absolute Gasteiger partial charge is 0.163 e. The molecule has 0 radical (unpaired) electrons. The molecule has 1 aliphatic rings. The summed E-state index contributed by atoms with van der Waals surface area (Å²) in [6, 6.07) is 8.44. The summed E-state index contributed by atoms with van der Waals surface area (Å²) in [7, 11) is 0. The van der Waals surface area contributed by atoms with Gasteiger partial charge in [-0.05, 0) is 38.1 Å². The minimum Gasteiger partial charge on any atom is -0.348 e. The van der Waals surface area contributed by atoms with Gasteiger partial charge in [0, 0.05) is 21.6 Å². The Morgan fingerprint density at radius 3 is 2.94 bits per heavy atom. The zero-order valence-corrected chi connectivity index (χ0v) is 12.1. The van der Waals surface area contributed by atoms with Gasteiger partial charge < -0.3 is 14.0 Å². The molecular formula is C14H16BrNO2. The highest BCUT2D eigenvalue weighted by Gasteiger charge is 2.32. The molecule has 0 bridgehead atoms. The van der Waals surface area contributed by atoms with Crippen molar-refractivity contribution in [2.45, 2.75) is 32.3 Å². The second kappa shape index (κ2) is 4.37. The first-order chi connectivity index (χ1) is 8.53. The Hall–Kier alpha value is -0.840. The number of ether oxygens (including phenoxy) is 2. The van der Waals surface area contributed by atoms with E-state index in [0.29, 0.717) is 6.61 Å². The van der Waals surface area contributed by atoms with Crippen molar-refractivity contribution in [3.8, 4) is 0 Å². The fourth-order valence-electron chi connectivity index (χ4n) is 2.40. The zero-order chi connectivity index (χ0) is 12.8. The maximum atomic E-state index is 5.84. The first kappa shape index (κ1) is 12.2. The highest BCUT2D eigenvalue weighted by Crippen LogP contribution is 2.26. The molecule has 0 N–H and O–H groups in total. The lowest BCUT2D eigenvalue weighted by Crippen LogP contribution is -2.23. The molecule has 1 fully saturated rings. The van der Waals surface area contributed by atoms with Gasteiger partial charge in [0.25, 0.3) is 0 Å². The van der Waals surface area contributed by atoms with Gasteiger partial charge in [-0.15, -0.1) is 0 Å². The van der Waals surface area contributed by atoms with E-state index in [1.165, 1.54) is 10.9 Å². The molecule has 0 unspecified atom stereocenters. The summed E-state index contributed by atoms with van der Waals surface area (Å²) >= 11 is 3.49. The van der Waals surface area contributed by atoms with E-state index in [9.17, 15) is 0 Å². The van der Waals surface area contributed by atoms with Gasteiger partial charge in [0.2, 0.25) is 0 Å². The number of benzene rings is 1. The van der Waals surface area contributed by atoms with Crippen molar-refractivity contribution in [2.75, 3.05) is 6.61 Å². The molecule has 0 aliphatic carbocycles. The Labute approximate surface area is 115 Å². The molecular weight excluding hydrogens is 294 g/mol. The number of aromatic nitrogens is 1. The quantitative estimate of drug-likeness (QED) is 0.847. The molecule has 1 aliphatic heterocycles. The normalized spacial score (nSPS) is 22.7. The van der Waals surface area contributed by atoms with E-state index in [1.54, 1.807) is 0 Å². The highest BCUT2D eigenvalue weighted by molar-refractivity contribution is 9.10. The second-order valence-electron chi connectivity index (χ2n) is 5.12. The number of rotatable bonds is 2. The van der Waals surface area contributed by atoms with Crippen LogP contribution in [0.2, 0.25) is 0 Å². The lowest BCUT2D eigenvalue weighted by atomic mass is 10.2. The molecule has 18 heavy (non-hydrogen) atoms. The molecule has 3 rings (SSSR count). The third-order valence-electron chi connectivity index (χ3n) is 3.20. The van der Waals surface area contributed by atoms with Crippen LogP contribution in [0.5, 0.6) is 0 Å². The van der Waals surface area contributed by atoms with E-state index in [0.717, 1.165) is 11.0 Å². The van der Waals surface area contributed by atoms with Crippen LogP contribution in [0.1, 0.15) is 13.8 Å². The van der Waals surface area contributed by atoms with E-state index >= 15 is 0 Å². The van der Waals surface area contributed by atoms with Crippen LogP contribution in [0.15, 0.2) is 34.9 Å². The Balaban J connectivity index is 1.83. The largest absolute Gasteiger partial charge is 0.348 e. The Morgan fingerprint density at radius 2 is 2.22 bits per heavy atom. The van der Waals surface area contributed by atoms with Crippen molar-refractivity contribution in [3.63, 3.8) is 0 Å². The van der Waals surface area contributed by atoms with Gasteiger partial charge in [0.05, 0.1) is 13.2 Å². The van der Waals surface area contributed by atoms with Crippen LogP contribution in [0, 0.1) is 0 Å². The molecule has 2 heterocycles. The Kier molecular flexibility index (Phi) is 2.96. The number of hydrogen-bond acceptors (Lipinski definition) is 2. The first-order valence-electron chi connectivity index (χ1n) is 6.10. The van der Waals surface area contributed by atoms with Crippen LogP contribution in [-0.2, 0) is 16.0 Å². The van der Waals surface area contributed by atoms with E-state index < -0.39 is 5.79 Å². The molecule has 3 nitrogen and oxygen atoms in total. The monoisotopic (exact) mass is 309 g/mol. The van der Waals surface area contributed by atoms with Gasteiger partial charge in [-0.25, -0.2) is 0 Å². The van der Waals surface area contributed by atoms with E-state index in [2.05, 4.69) is 51.0 Å². The minimum atomic E-state index is -0.448. The number of hydrogen-bond donors (Lipinski definition) is 0. The van der Waals surface area contributed by atoms with Crippen molar-refractivity contribution < 1.29 is 9.47 Å². The zero-order valence-electron chi connectivity index (χ0n) is 10.5. The highest BCUT2D eigenvalue weighted by atomic mass is 79.9. The van der Waals surface area contributed by atoms with Gasteiger partial charge in [-0.3, -0.25) is 0 Å². The lowest BCUT2D eigenvalue weighted by molar-refractivity contribution is -0.139. The fourth-order valence-corrected chi connectivity index (χ4v) is 2.78. The number of nitrogens with zero attached hydrogens (tertiary/aromatic N) is 1. The first-order valence-corrected chi connectivity index (χ1v) is 6.89. The average molecular weight is 310 g/mol. The van der Waals surface area contributed by atoms with Crippen molar-refractivity contribution >= 4 is 26.8 Å². The fraction of sp³-hybridized carbons (Fsp3) is 0.429. The van der Waals surface area contributed by atoms with Crippen molar-refractivity contribution in [1.82, 2.24) is 4.57 Å². The van der Waals surface area contributed by atoms with E-state index in [4.69, 9.17) is 9.47 Å². The average Bonchev–Trinajstić information content (AvgIpc) is 2.83. The van der Waals surface area contributed by atoms with Crippen LogP contribution in [0.25, 0.3) is 10.9 Å². The maximum absolute atomic E-state index is 5.84. The predicted molar refractivity (Wildman–Crippen MR) is 74.5 cm³/mol. The standard InChI is InChI=1S/C14H16BrNO2/c1-14(2)17-9-12(18-14)8-16-6-5-10-7-11(15)3-4-13(10)16/h3-7,12H,8-9H2,1-2H3/t12-/m0/s1. The summed E-state index contributed by atoms with van der Waals surface area (Å²) in [4.78, 5) is 0. The molecule has 0 amide bonds. The van der Waals surface area contributed by atoms with Crippen LogP contribution in [-0.4, -0.2) is 23.1 Å². The van der Waals surface area contributed by atoms with E-state index in [1.807, 2.05) is 13.8 Å². The summed E-state index contributed by atoms with van der Waals surface area (Å²) in [5.41, 5.74) is 1.23. The number of fused-ring (bicyclic) bond motifs is 1. The molecule has 2 aromatic rings. The molecule has 1 aromatic carbocycles. The van der Waals surface area contributed by atoms with Crippen molar-refractivity contribution in [3.05, 3.63) is 34.9 Å². The number of halogens is 1. The topological polar surface area (TPSA) is 23.4 Å². The lowest BCUT2D eigenvalue weighted by Gasteiger charge is -2.17. The van der Waals surface area contributed by atoms with E-state index in [-0.39, 0.29) is 6.10 Å². The third-order valence-corrected chi connectivity index (χ3v) is 3.69. The van der Waals surface area contributed by atoms with Gasteiger partial charge in [0.15, 0.2) is 5.79 Å². The van der Waals surface area contributed by atoms with Crippen LogP contribution < -0.4 is 0 Å². The predicted octanol–water partition coefficient (Wildman–Crippen LogP) is 3.56. The maximum Gasteiger partial charge on any atom is 0.163 e. The summed E-state index contributed by atoms with van der Waals surface area (Å²) in [5, 5.41) is 1.24. The minimum absolute atomic E-state index is 0.124. The molecule has 1 aromatic heterocycles. The van der Waals surface area contributed by atoms with Gasteiger partial charge >= 0.3 is 0 Å².